The molecular formula is C18H18ClN5OS. The van der Waals surface area contributed by atoms with Crippen molar-refractivity contribution in [1.82, 2.24) is 25.1 Å². The van der Waals surface area contributed by atoms with Crippen molar-refractivity contribution in [2.24, 2.45) is 0 Å². The minimum absolute atomic E-state index is 0.0518. The molecule has 6 nitrogen and oxygen atoms in total. The number of benzene rings is 1. The molecule has 1 aliphatic rings. The van der Waals surface area contributed by atoms with Crippen LogP contribution in [0.5, 0.6) is 0 Å². The maximum Gasteiger partial charge on any atom is 0.230 e. The van der Waals surface area contributed by atoms with Crippen LogP contribution < -0.4 is 5.32 Å². The van der Waals surface area contributed by atoms with Gasteiger partial charge < -0.3 is 5.32 Å². The van der Waals surface area contributed by atoms with E-state index in [2.05, 4.69) is 20.4 Å². The molecule has 1 fully saturated rings. The Bertz CT molecular complexity index is 938. The number of hydrogen-bond acceptors (Lipinski definition) is 5. The van der Waals surface area contributed by atoms with Crippen molar-refractivity contribution in [3.63, 3.8) is 0 Å². The van der Waals surface area contributed by atoms with E-state index in [1.165, 1.54) is 30.9 Å². The highest BCUT2D eigenvalue weighted by atomic mass is 35.5. The standard InChI is InChI=1S/C18H18ClN5OS/c19-12-4-3-7-14(8-12)24-17-15(9-22-24)18(21-11-20-17)26-10-16(25)23-13-5-1-2-6-13/h3-4,7-9,11,13H,1-2,5-6,10H2,(H,23,25). The van der Waals surface area contributed by atoms with Crippen LogP contribution in [0.25, 0.3) is 16.7 Å². The Labute approximate surface area is 160 Å². The van der Waals surface area contributed by atoms with E-state index < -0.39 is 0 Å². The summed E-state index contributed by atoms with van der Waals surface area (Å²) < 4.78 is 1.73. The lowest BCUT2D eigenvalue weighted by Crippen LogP contribution is -2.33. The van der Waals surface area contributed by atoms with Gasteiger partial charge in [-0.05, 0) is 31.0 Å². The molecule has 2 heterocycles. The first-order chi connectivity index (χ1) is 12.7. The topological polar surface area (TPSA) is 72.7 Å². The lowest BCUT2D eigenvalue weighted by molar-refractivity contribution is -0.119. The summed E-state index contributed by atoms with van der Waals surface area (Å²) in [5.41, 5.74) is 1.53. The molecule has 0 bridgehead atoms. The van der Waals surface area contributed by atoms with Crippen LogP contribution >= 0.6 is 23.4 Å². The third-order valence-electron chi connectivity index (χ3n) is 4.44. The number of fused-ring (bicyclic) bond motifs is 1. The lowest BCUT2D eigenvalue weighted by atomic mass is 10.2. The molecular weight excluding hydrogens is 370 g/mol. The zero-order valence-electron chi connectivity index (χ0n) is 14.1. The van der Waals surface area contributed by atoms with Crippen molar-refractivity contribution >= 4 is 40.3 Å². The maximum atomic E-state index is 12.2. The number of nitrogens with zero attached hydrogens (tertiary/aromatic N) is 4. The van der Waals surface area contributed by atoms with Gasteiger partial charge in [0.15, 0.2) is 5.65 Å². The summed E-state index contributed by atoms with van der Waals surface area (Å²) in [6.07, 6.45) is 7.80. The SMILES string of the molecule is O=C(CSc1ncnc2c1cnn2-c1cccc(Cl)c1)NC1CCCC1. The Hall–Kier alpha value is -2.12. The molecule has 4 rings (SSSR count). The van der Waals surface area contributed by atoms with Crippen molar-refractivity contribution in [1.29, 1.82) is 0 Å². The Morgan fingerprint density at radius 2 is 2.15 bits per heavy atom. The van der Waals surface area contributed by atoms with E-state index in [1.807, 2.05) is 24.3 Å². The number of rotatable bonds is 5. The number of hydrogen-bond donors (Lipinski definition) is 1. The van der Waals surface area contributed by atoms with Crippen LogP contribution in [0, 0.1) is 0 Å². The predicted octanol–water partition coefficient (Wildman–Crippen LogP) is 3.62. The Morgan fingerprint density at radius 1 is 1.31 bits per heavy atom. The summed E-state index contributed by atoms with van der Waals surface area (Å²) in [7, 11) is 0. The van der Waals surface area contributed by atoms with Crippen LogP contribution in [-0.4, -0.2) is 37.5 Å². The highest BCUT2D eigenvalue weighted by molar-refractivity contribution is 8.00. The van der Waals surface area contributed by atoms with Crippen molar-refractivity contribution in [2.75, 3.05) is 5.75 Å². The molecule has 1 aliphatic carbocycles. The summed E-state index contributed by atoms with van der Waals surface area (Å²) in [5.74, 6) is 0.390. The molecule has 0 unspecified atom stereocenters. The van der Waals surface area contributed by atoms with Gasteiger partial charge in [-0.15, -0.1) is 0 Å². The fraction of sp³-hybridized carbons (Fsp3) is 0.333. The molecule has 3 aromatic rings. The van der Waals surface area contributed by atoms with Crippen LogP contribution in [-0.2, 0) is 4.79 Å². The van der Waals surface area contributed by atoms with Crippen molar-refractivity contribution < 1.29 is 4.79 Å². The quantitative estimate of drug-likeness (QED) is 0.534. The van der Waals surface area contributed by atoms with Crippen molar-refractivity contribution in [3.8, 4) is 5.69 Å². The first kappa shape index (κ1) is 17.3. The average molecular weight is 388 g/mol. The van der Waals surface area contributed by atoms with E-state index in [-0.39, 0.29) is 5.91 Å². The van der Waals surface area contributed by atoms with Gasteiger partial charge in [0.1, 0.15) is 11.4 Å². The summed E-state index contributed by atoms with van der Waals surface area (Å²) in [5, 5.41) is 9.73. The smallest absolute Gasteiger partial charge is 0.230 e. The molecule has 0 aliphatic heterocycles. The third-order valence-corrected chi connectivity index (χ3v) is 5.68. The molecule has 134 valence electrons. The maximum absolute atomic E-state index is 12.2. The number of carbonyl (C=O) groups excluding carboxylic acids is 1. The minimum Gasteiger partial charge on any atom is -0.353 e. The van der Waals surface area contributed by atoms with Crippen LogP contribution in [0.3, 0.4) is 0 Å². The second kappa shape index (κ2) is 7.63. The van der Waals surface area contributed by atoms with Gasteiger partial charge in [-0.2, -0.15) is 5.10 Å². The molecule has 1 aromatic carbocycles. The number of nitrogens with one attached hydrogen (secondary N) is 1. The zero-order valence-corrected chi connectivity index (χ0v) is 15.6. The molecule has 0 radical (unpaired) electrons. The minimum atomic E-state index is 0.0518. The summed E-state index contributed by atoms with van der Waals surface area (Å²) in [6.45, 7) is 0. The second-order valence-electron chi connectivity index (χ2n) is 6.29. The van der Waals surface area contributed by atoms with E-state index in [0.29, 0.717) is 22.5 Å². The van der Waals surface area contributed by atoms with Crippen molar-refractivity contribution in [2.45, 2.75) is 36.8 Å². The van der Waals surface area contributed by atoms with Gasteiger partial charge in [0.2, 0.25) is 5.91 Å². The predicted molar refractivity (Wildman–Crippen MR) is 103 cm³/mol. The van der Waals surface area contributed by atoms with Crippen LogP contribution in [0.2, 0.25) is 5.02 Å². The number of thioether (sulfide) groups is 1. The van der Waals surface area contributed by atoms with Crippen LogP contribution in [0.15, 0.2) is 41.8 Å². The largest absolute Gasteiger partial charge is 0.353 e. The fourth-order valence-corrected chi connectivity index (χ4v) is 4.16. The van der Waals surface area contributed by atoms with Gasteiger partial charge in [0, 0.05) is 11.1 Å². The first-order valence-electron chi connectivity index (χ1n) is 8.57. The van der Waals surface area contributed by atoms with E-state index in [9.17, 15) is 4.79 Å². The fourth-order valence-electron chi connectivity index (χ4n) is 3.21. The number of amides is 1. The molecule has 26 heavy (non-hydrogen) atoms. The number of halogens is 1. The summed E-state index contributed by atoms with van der Waals surface area (Å²) in [6, 6.07) is 7.77. The van der Waals surface area contributed by atoms with E-state index in [1.54, 1.807) is 10.9 Å². The average Bonchev–Trinajstić information content (AvgIpc) is 3.29. The molecule has 1 saturated carbocycles. The number of carbonyl (C=O) groups is 1. The molecule has 0 atom stereocenters. The first-order valence-corrected chi connectivity index (χ1v) is 9.94. The highest BCUT2D eigenvalue weighted by Crippen LogP contribution is 2.26. The molecule has 8 heteroatoms. The molecule has 2 aromatic heterocycles. The van der Waals surface area contributed by atoms with Gasteiger partial charge in [0.05, 0.1) is 23.0 Å². The zero-order chi connectivity index (χ0) is 17.9. The molecule has 0 saturated heterocycles. The second-order valence-corrected chi connectivity index (χ2v) is 7.69. The van der Waals surface area contributed by atoms with E-state index >= 15 is 0 Å². The Balaban J connectivity index is 1.52. The van der Waals surface area contributed by atoms with Gasteiger partial charge in [-0.25, -0.2) is 14.6 Å². The van der Waals surface area contributed by atoms with Gasteiger partial charge >= 0.3 is 0 Å². The highest BCUT2D eigenvalue weighted by Gasteiger charge is 2.18. The van der Waals surface area contributed by atoms with Gasteiger partial charge in [0.25, 0.3) is 0 Å². The van der Waals surface area contributed by atoms with E-state index in [0.717, 1.165) is 28.9 Å². The van der Waals surface area contributed by atoms with Crippen LogP contribution in [0.1, 0.15) is 25.7 Å². The van der Waals surface area contributed by atoms with Crippen LogP contribution in [0.4, 0.5) is 0 Å². The Morgan fingerprint density at radius 3 is 2.96 bits per heavy atom. The van der Waals surface area contributed by atoms with E-state index in [4.69, 9.17) is 11.6 Å². The Kier molecular flexibility index (Phi) is 5.08. The molecule has 0 spiro atoms. The molecule has 1 amide bonds. The molecule has 1 N–H and O–H groups in total. The van der Waals surface area contributed by atoms with Gasteiger partial charge in [-0.1, -0.05) is 42.3 Å². The van der Waals surface area contributed by atoms with Crippen molar-refractivity contribution in [3.05, 3.63) is 41.8 Å². The normalized spacial score (nSPS) is 14.8. The monoisotopic (exact) mass is 387 g/mol. The third kappa shape index (κ3) is 3.68. The summed E-state index contributed by atoms with van der Waals surface area (Å²) >= 11 is 7.49. The summed E-state index contributed by atoms with van der Waals surface area (Å²) in [4.78, 5) is 20.8. The van der Waals surface area contributed by atoms with Gasteiger partial charge in [-0.3, -0.25) is 4.79 Å². The lowest BCUT2D eigenvalue weighted by Gasteiger charge is -2.11. The number of aromatic nitrogens is 4.